The van der Waals surface area contributed by atoms with Crippen LogP contribution in [0.2, 0.25) is 0 Å². The number of nitrogens with two attached hydrogens (primary N) is 1. The molecule has 1 aromatic heterocycles. The van der Waals surface area contributed by atoms with E-state index in [0.29, 0.717) is 5.69 Å². The van der Waals surface area contributed by atoms with Crippen LogP contribution in [0, 0.1) is 12.7 Å². The third kappa shape index (κ3) is 3.25. The zero-order chi connectivity index (χ0) is 14.9. The lowest BCUT2D eigenvalue weighted by Crippen LogP contribution is -2.07. The molecule has 0 saturated carbocycles. The monoisotopic (exact) mass is 295 g/mol. The molecule has 0 spiro atoms. The van der Waals surface area contributed by atoms with Gasteiger partial charge in [0.25, 0.3) is 0 Å². The summed E-state index contributed by atoms with van der Waals surface area (Å²) in [5.41, 5.74) is 7.20. The quantitative estimate of drug-likeness (QED) is 0.878. The van der Waals surface area contributed by atoms with Crippen molar-refractivity contribution in [1.29, 1.82) is 0 Å². The number of aromatic nitrogens is 2. The van der Waals surface area contributed by atoms with Crippen molar-refractivity contribution in [2.24, 2.45) is 7.05 Å². The second-order valence-corrected chi connectivity index (χ2v) is 5.90. The van der Waals surface area contributed by atoms with Gasteiger partial charge in [0.05, 0.1) is 16.8 Å². The fourth-order valence-corrected chi connectivity index (χ4v) is 2.75. The van der Waals surface area contributed by atoms with Gasteiger partial charge in [-0.3, -0.25) is 4.68 Å². The summed E-state index contributed by atoms with van der Waals surface area (Å²) in [5.74, 6) is -0.225. The van der Waals surface area contributed by atoms with Gasteiger partial charge >= 0.3 is 0 Å². The van der Waals surface area contributed by atoms with Crippen LogP contribution in [0.3, 0.4) is 0 Å². The number of anilines is 1. The predicted octanol–water partition coefficient (Wildman–Crippen LogP) is 3.39. The lowest BCUT2D eigenvalue weighted by Gasteiger charge is -2.13. The number of hydrogen-bond donors (Lipinski definition) is 1. The topological polar surface area (TPSA) is 53.1 Å². The Bertz CT molecular complexity index is 625. The molecule has 1 heterocycles. The van der Waals surface area contributed by atoms with Crippen LogP contribution < -0.4 is 10.5 Å². The van der Waals surface area contributed by atoms with Gasteiger partial charge in [-0.15, -0.1) is 0 Å². The third-order valence-electron chi connectivity index (χ3n) is 2.60. The minimum absolute atomic E-state index is 0.0927. The first kappa shape index (κ1) is 14.7. The Morgan fingerprint density at radius 1 is 1.35 bits per heavy atom. The second kappa shape index (κ2) is 5.75. The molecule has 4 nitrogen and oxygen atoms in total. The van der Waals surface area contributed by atoms with E-state index in [9.17, 15) is 4.39 Å². The van der Waals surface area contributed by atoms with Crippen molar-refractivity contribution in [3.8, 4) is 5.75 Å². The van der Waals surface area contributed by atoms with Crippen LogP contribution >= 0.6 is 11.8 Å². The Morgan fingerprint density at radius 3 is 2.60 bits per heavy atom. The molecule has 0 aliphatic rings. The lowest BCUT2D eigenvalue weighted by molar-refractivity contribution is 0.230. The molecule has 0 aliphatic heterocycles. The van der Waals surface area contributed by atoms with E-state index in [1.165, 1.54) is 17.8 Å². The maximum atomic E-state index is 13.8. The van der Waals surface area contributed by atoms with Gasteiger partial charge in [-0.1, -0.05) is 11.8 Å². The first-order chi connectivity index (χ1) is 9.36. The van der Waals surface area contributed by atoms with Crippen molar-refractivity contribution in [3.05, 3.63) is 29.7 Å². The summed E-state index contributed by atoms with van der Waals surface area (Å²) in [7, 11) is 1.86. The molecule has 1 aromatic carbocycles. The minimum Gasteiger partial charge on any atom is -0.488 e. The Kier molecular flexibility index (Phi) is 4.23. The molecule has 2 N–H and O–H groups in total. The number of hydrogen-bond acceptors (Lipinski definition) is 4. The van der Waals surface area contributed by atoms with Crippen LogP contribution in [0.25, 0.3) is 0 Å². The Morgan fingerprint density at radius 2 is 2.05 bits per heavy atom. The van der Waals surface area contributed by atoms with Gasteiger partial charge in [-0.05, 0) is 32.9 Å². The first-order valence-electron chi connectivity index (χ1n) is 6.31. The van der Waals surface area contributed by atoms with Gasteiger partial charge in [0.15, 0.2) is 11.6 Å². The van der Waals surface area contributed by atoms with Crippen molar-refractivity contribution in [2.45, 2.75) is 36.8 Å². The standard InChI is InChI=1S/C14H18FN3OS/c1-8(2)19-12-7-13(11(16)6-10(12)15)20-14-5-9(3)17-18(14)4/h5-8H,16H2,1-4H3. The number of nitrogens with zero attached hydrogens (tertiary/aromatic N) is 2. The number of nitrogen functional groups attached to an aromatic ring is 1. The van der Waals surface area contributed by atoms with E-state index < -0.39 is 5.82 Å². The normalized spacial score (nSPS) is 11.1. The number of ether oxygens (including phenoxy) is 1. The van der Waals surface area contributed by atoms with Gasteiger partial charge in [0, 0.05) is 23.7 Å². The molecule has 20 heavy (non-hydrogen) atoms. The highest BCUT2D eigenvalue weighted by molar-refractivity contribution is 7.99. The van der Waals surface area contributed by atoms with Crippen LogP contribution in [0.4, 0.5) is 10.1 Å². The van der Waals surface area contributed by atoms with Gasteiger partial charge in [-0.2, -0.15) is 5.10 Å². The van der Waals surface area contributed by atoms with Crippen LogP contribution in [-0.2, 0) is 7.05 Å². The molecule has 6 heteroatoms. The zero-order valence-corrected chi connectivity index (χ0v) is 12.8. The van der Waals surface area contributed by atoms with E-state index >= 15 is 0 Å². The number of halogens is 1. The molecule has 0 aliphatic carbocycles. The number of rotatable bonds is 4. The van der Waals surface area contributed by atoms with E-state index in [2.05, 4.69) is 5.10 Å². The first-order valence-corrected chi connectivity index (χ1v) is 7.12. The van der Waals surface area contributed by atoms with Gasteiger partial charge in [0.1, 0.15) is 0 Å². The van der Waals surface area contributed by atoms with E-state index in [-0.39, 0.29) is 11.9 Å². The van der Waals surface area contributed by atoms with Crippen molar-refractivity contribution >= 4 is 17.4 Å². The highest BCUT2D eigenvalue weighted by atomic mass is 32.2. The zero-order valence-electron chi connectivity index (χ0n) is 12.0. The highest BCUT2D eigenvalue weighted by Crippen LogP contribution is 2.36. The third-order valence-corrected chi connectivity index (χ3v) is 3.77. The highest BCUT2D eigenvalue weighted by Gasteiger charge is 2.13. The maximum Gasteiger partial charge on any atom is 0.167 e. The molecule has 0 radical (unpaired) electrons. The van der Waals surface area contributed by atoms with Gasteiger partial charge in [-0.25, -0.2) is 4.39 Å². The smallest absolute Gasteiger partial charge is 0.167 e. The molecule has 108 valence electrons. The van der Waals surface area contributed by atoms with Crippen LogP contribution in [0.15, 0.2) is 28.1 Å². The van der Waals surface area contributed by atoms with Crippen LogP contribution in [0.5, 0.6) is 5.75 Å². The van der Waals surface area contributed by atoms with E-state index in [1.54, 1.807) is 10.7 Å². The second-order valence-electron chi connectivity index (χ2n) is 4.84. The summed E-state index contributed by atoms with van der Waals surface area (Å²) >= 11 is 1.44. The average Bonchev–Trinajstić information content (AvgIpc) is 2.63. The SMILES string of the molecule is Cc1cc(Sc2cc(OC(C)C)c(F)cc2N)n(C)n1. The average molecular weight is 295 g/mol. The van der Waals surface area contributed by atoms with Gasteiger partial charge in [0.2, 0.25) is 0 Å². The largest absolute Gasteiger partial charge is 0.488 e. The fraction of sp³-hybridized carbons (Fsp3) is 0.357. The summed E-state index contributed by atoms with van der Waals surface area (Å²) in [5, 5.41) is 5.22. The molecular weight excluding hydrogens is 277 g/mol. The lowest BCUT2D eigenvalue weighted by atomic mass is 10.3. The van der Waals surface area contributed by atoms with E-state index in [4.69, 9.17) is 10.5 Å². The van der Waals surface area contributed by atoms with Crippen molar-refractivity contribution in [1.82, 2.24) is 9.78 Å². The molecule has 2 rings (SSSR count). The van der Waals surface area contributed by atoms with E-state index in [0.717, 1.165) is 15.6 Å². The van der Waals surface area contributed by atoms with Crippen molar-refractivity contribution < 1.29 is 9.13 Å². The minimum atomic E-state index is -0.443. The van der Waals surface area contributed by atoms with Gasteiger partial charge < -0.3 is 10.5 Å². The molecule has 0 atom stereocenters. The summed E-state index contributed by atoms with van der Waals surface area (Å²) < 4.78 is 21.0. The molecule has 0 saturated heterocycles. The molecule has 0 amide bonds. The maximum absolute atomic E-state index is 13.8. The number of aryl methyl sites for hydroxylation is 2. The van der Waals surface area contributed by atoms with Crippen molar-refractivity contribution in [2.75, 3.05) is 5.73 Å². The van der Waals surface area contributed by atoms with Crippen LogP contribution in [0.1, 0.15) is 19.5 Å². The van der Waals surface area contributed by atoms with Crippen LogP contribution in [-0.4, -0.2) is 15.9 Å². The molecule has 0 unspecified atom stereocenters. The molecule has 0 bridgehead atoms. The summed E-state index contributed by atoms with van der Waals surface area (Å²) in [6, 6.07) is 4.89. The van der Waals surface area contributed by atoms with Crippen molar-refractivity contribution in [3.63, 3.8) is 0 Å². The summed E-state index contributed by atoms with van der Waals surface area (Å²) in [6.45, 7) is 5.63. The summed E-state index contributed by atoms with van der Waals surface area (Å²) in [6.07, 6.45) is -0.0927. The Balaban J connectivity index is 2.33. The predicted molar refractivity (Wildman–Crippen MR) is 78.6 cm³/mol. The summed E-state index contributed by atoms with van der Waals surface area (Å²) in [4.78, 5) is 0.755. The Hall–Kier alpha value is -1.69. The fourth-order valence-electron chi connectivity index (χ4n) is 1.78. The molecular formula is C14H18FN3OS. The Labute approximate surface area is 122 Å². The number of benzene rings is 1. The van der Waals surface area contributed by atoms with E-state index in [1.807, 2.05) is 33.9 Å². The molecule has 0 fully saturated rings. The molecule has 2 aromatic rings.